The zero-order valence-corrected chi connectivity index (χ0v) is 25.4. The highest BCUT2D eigenvalue weighted by Crippen LogP contribution is 2.42. The summed E-state index contributed by atoms with van der Waals surface area (Å²) in [5.41, 5.74) is 7.33. The maximum absolute atomic E-state index is 6.55. The molecule has 1 aliphatic heterocycles. The van der Waals surface area contributed by atoms with Gasteiger partial charge in [0.25, 0.3) is 0 Å². The van der Waals surface area contributed by atoms with E-state index < -0.39 is 6.29 Å². The molecule has 0 spiro atoms. The van der Waals surface area contributed by atoms with Gasteiger partial charge in [-0.05, 0) is 70.9 Å². The van der Waals surface area contributed by atoms with Crippen LogP contribution in [0.1, 0.15) is 23.3 Å². The van der Waals surface area contributed by atoms with Crippen molar-refractivity contribution in [1.29, 1.82) is 0 Å². The molecule has 8 aromatic rings. The van der Waals surface area contributed by atoms with Gasteiger partial charge in [0, 0.05) is 11.5 Å². The Balaban J connectivity index is 1.04. The SMILES string of the molecule is c1ccc2c(-c3ccc(C4COC(c5ccc(-c6cccc7ccccc67)c6ccccc56)OC4)c4ccccc34)cccc2c1. The summed E-state index contributed by atoms with van der Waals surface area (Å²) in [6.45, 7) is 1.20. The van der Waals surface area contributed by atoms with Crippen LogP contribution < -0.4 is 0 Å². The topological polar surface area (TPSA) is 18.5 Å². The van der Waals surface area contributed by atoms with E-state index in [1.54, 1.807) is 0 Å². The molecule has 9 rings (SSSR count). The summed E-state index contributed by atoms with van der Waals surface area (Å²) < 4.78 is 13.1. The van der Waals surface area contributed by atoms with Gasteiger partial charge in [-0.1, -0.05) is 158 Å². The van der Waals surface area contributed by atoms with Crippen molar-refractivity contribution in [2.45, 2.75) is 12.2 Å². The van der Waals surface area contributed by atoms with E-state index in [2.05, 4.69) is 158 Å². The van der Waals surface area contributed by atoms with Crippen molar-refractivity contribution >= 4 is 43.1 Å². The lowest BCUT2D eigenvalue weighted by atomic mass is 9.88. The Kier molecular flexibility index (Phi) is 6.63. The van der Waals surface area contributed by atoms with Crippen LogP contribution in [0.3, 0.4) is 0 Å². The van der Waals surface area contributed by atoms with Crippen molar-refractivity contribution in [2.24, 2.45) is 0 Å². The van der Waals surface area contributed by atoms with Crippen LogP contribution >= 0.6 is 0 Å². The van der Waals surface area contributed by atoms with Crippen LogP contribution in [0.25, 0.3) is 65.3 Å². The molecule has 0 N–H and O–H groups in total. The minimum Gasteiger partial charge on any atom is -0.348 e. The van der Waals surface area contributed by atoms with Gasteiger partial charge < -0.3 is 9.47 Å². The molecule has 0 unspecified atom stereocenters. The van der Waals surface area contributed by atoms with Crippen LogP contribution in [0.2, 0.25) is 0 Å². The number of fused-ring (bicyclic) bond motifs is 4. The molecule has 46 heavy (non-hydrogen) atoms. The second kappa shape index (κ2) is 11.3. The third kappa shape index (κ3) is 4.49. The summed E-state index contributed by atoms with van der Waals surface area (Å²) in [6.07, 6.45) is -0.413. The molecule has 0 radical (unpaired) electrons. The highest BCUT2D eigenvalue weighted by molar-refractivity contribution is 6.07. The maximum Gasteiger partial charge on any atom is 0.184 e. The Labute approximate surface area is 268 Å². The van der Waals surface area contributed by atoms with Gasteiger partial charge in [-0.15, -0.1) is 0 Å². The molecule has 1 heterocycles. The van der Waals surface area contributed by atoms with Crippen LogP contribution in [0.15, 0.2) is 158 Å². The van der Waals surface area contributed by atoms with E-state index in [9.17, 15) is 0 Å². The summed E-state index contributed by atoms with van der Waals surface area (Å²) >= 11 is 0. The zero-order valence-electron chi connectivity index (χ0n) is 25.4. The molecule has 2 nitrogen and oxygen atoms in total. The fourth-order valence-corrected chi connectivity index (χ4v) is 7.46. The van der Waals surface area contributed by atoms with Crippen LogP contribution in [0, 0.1) is 0 Å². The molecule has 2 heteroatoms. The van der Waals surface area contributed by atoms with Gasteiger partial charge in [0.05, 0.1) is 13.2 Å². The monoisotopic (exact) mass is 592 g/mol. The Bertz CT molecular complexity index is 2220. The average molecular weight is 593 g/mol. The first-order valence-electron chi connectivity index (χ1n) is 16.1. The molecule has 1 aliphatic rings. The van der Waals surface area contributed by atoms with Crippen molar-refractivity contribution in [3.05, 3.63) is 169 Å². The van der Waals surface area contributed by atoms with Crippen LogP contribution in [-0.2, 0) is 9.47 Å². The molecule has 0 saturated carbocycles. The molecule has 0 aromatic heterocycles. The second-order valence-electron chi connectivity index (χ2n) is 12.2. The predicted molar refractivity (Wildman–Crippen MR) is 191 cm³/mol. The maximum atomic E-state index is 6.55. The van der Waals surface area contributed by atoms with Crippen molar-refractivity contribution in [2.75, 3.05) is 13.2 Å². The number of hydrogen-bond donors (Lipinski definition) is 0. The van der Waals surface area contributed by atoms with Gasteiger partial charge in [-0.2, -0.15) is 0 Å². The third-order valence-electron chi connectivity index (χ3n) is 9.67. The summed E-state index contributed by atoms with van der Waals surface area (Å²) in [5, 5.41) is 9.93. The largest absolute Gasteiger partial charge is 0.348 e. The molecular weight excluding hydrogens is 560 g/mol. The quantitative estimate of drug-likeness (QED) is 0.202. The van der Waals surface area contributed by atoms with Crippen molar-refractivity contribution in [1.82, 2.24) is 0 Å². The van der Waals surface area contributed by atoms with Crippen LogP contribution in [0.5, 0.6) is 0 Å². The van der Waals surface area contributed by atoms with Crippen molar-refractivity contribution in [3.8, 4) is 22.3 Å². The summed E-state index contributed by atoms with van der Waals surface area (Å²) in [5.74, 6) is 0.143. The number of rotatable bonds is 4. The lowest BCUT2D eigenvalue weighted by Crippen LogP contribution is -2.26. The van der Waals surface area contributed by atoms with E-state index in [0.717, 1.165) is 5.56 Å². The zero-order chi connectivity index (χ0) is 30.5. The first kappa shape index (κ1) is 27.1. The third-order valence-corrected chi connectivity index (χ3v) is 9.67. The smallest absolute Gasteiger partial charge is 0.184 e. The lowest BCUT2D eigenvalue weighted by Gasteiger charge is -2.31. The molecular formula is C44H32O2. The minimum absolute atomic E-state index is 0.143. The minimum atomic E-state index is -0.413. The molecule has 8 aromatic carbocycles. The second-order valence-corrected chi connectivity index (χ2v) is 12.2. The van der Waals surface area contributed by atoms with Crippen molar-refractivity contribution < 1.29 is 9.47 Å². The van der Waals surface area contributed by atoms with Gasteiger partial charge >= 0.3 is 0 Å². The molecule has 0 atom stereocenters. The van der Waals surface area contributed by atoms with Crippen LogP contribution in [-0.4, -0.2) is 13.2 Å². The van der Waals surface area contributed by atoms with E-state index in [1.165, 1.54) is 70.9 Å². The van der Waals surface area contributed by atoms with Gasteiger partial charge in [-0.3, -0.25) is 0 Å². The van der Waals surface area contributed by atoms with Gasteiger partial charge in [0.15, 0.2) is 6.29 Å². The summed E-state index contributed by atoms with van der Waals surface area (Å²) in [7, 11) is 0. The van der Waals surface area contributed by atoms with Crippen molar-refractivity contribution in [3.63, 3.8) is 0 Å². The van der Waals surface area contributed by atoms with E-state index in [4.69, 9.17) is 9.47 Å². The van der Waals surface area contributed by atoms with E-state index >= 15 is 0 Å². The Morgan fingerprint density at radius 2 is 0.717 bits per heavy atom. The Morgan fingerprint density at radius 3 is 1.26 bits per heavy atom. The first-order valence-corrected chi connectivity index (χ1v) is 16.1. The normalized spacial score (nSPS) is 16.8. The molecule has 0 bridgehead atoms. The summed E-state index contributed by atoms with van der Waals surface area (Å²) in [4.78, 5) is 0. The molecule has 1 saturated heterocycles. The Morgan fingerprint density at radius 1 is 0.326 bits per heavy atom. The van der Waals surface area contributed by atoms with Gasteiger partial charge in [-0.25, -0.2) is 0 Å². The molecule has 220 valence electrons. The average Bonchev–Trinajstić information content (AvgIpc) is 3.14. The summed E-state index contributed by atoms with van der Waals surface area (Å²) in [6, 6.07) is 56.7. The lowest BCUT2D eigenvalue weighted by molar-refractivity contribution is -0.190. The standard InChI is InChI=1S/C44H32O2/c1-3-15-32-29(11-1)13-9-21-36(32)41-24-23-34(35-17-5-6-18-38(35)41)31-27-45-44(46-28-31)43-26-25-42(39-19-7-8-20-40(39)43)37-22-10-14-30-12-2-4-16-33(30)37/h1-26,31,44H,27-28H2. The Hall–Kier alpha value is -5.28. The molecule has 1 fully saturated rings. The van der Waals surface area contributed by atoms with Gasteiger partial charge in [0.2, 0.25) is 0 Å². The first-order chi connectivity index (χ1) is 22.8. The fourth-order valence-electron chi connectivity index (χ4n) is 7.46. The van der Waals surface area contributed by atoms with Gasteiger partial charge in [0.1, 0.15) is 0 Å². The highest BCUT2D eigenvalue weighted by atomic mass is 16.7. The predicted octanol–water partition coefficient (Wildman–Crippen LogP) is 11.5. The van der Waals surface area contributed by atoms with E-state index in [-0.39, 0.29) is 5.92 Å². The van der Waals surface area contributed by atoms with E-state index in [1.807, 2.05) is 0 Å². The number of hydrogen-bond acceptors (Lipinski definition) is 2. The highest BCUT2D eigenvalue weighted by Gasteiger charge is 2.28. The van der Waals surface area contributed by atoms with E-state index in [0.29, 0.717) is 13.2 Å². The number of ether oxygens (including phenoxy) is 2. The van der Waals surface area contributed by atoms with Crippen LogP contribution in [0.4, 0.5) is 0 Å². The number of benzene rings is 8. The fraction of sp³-hybridized carbons (Fsp3) is 0.0909. The molecule has 0 amide bonds. The molecule has 0 aliphatic carbocycles.